The summed E-state index contributed by atoms with van der Waals surface area (Å²) >= 11 is 0. The molecule has 26 heavy (non-hydrogen) atoms. The number of hydrogen-bond acceptors (Lipinski definition) is 5. The highest BCUT2D eigenvalue weighted by Gasteiger charge is 2.13. The first kappa shape index (κ1) is 17.6. The Labute approximate surface area is 153 Å². The fourth-order valence-electron chi connectivity index (χ4n) is 2.83. The summed E-state index contributed by atoms with van der Waals surface area (Å²) in [6, 6.07) is 11.9. The van der Waals surface area contributed by atoms with Gasteiger partial charge in [-0.2, -0.15) is 0 Å². The lowest BCUT2D eigenvalue weighted by Crippen LogP contribution is -1.99. The Bertz CT molecular complexity index is 938. The smallest absolute Gasteiger partial charge is 0.221 e. The summed E-state index contributed by atoms with van der Waals surface area (Å²) in [5.41, 5.74) is 6.34. The third-order valence-corrected chi connectivity index (χ3v) is 4.18. The molecule has 1 N–H and O–H groups in total. The SMILES string of the molecule is CCOc1ncc(-c2cc(NC)ccc2C)cc1-c1ccnc(C=O)c1. The number of carbonyl (C=O) groups is 1. The zero-order valence-electron chi connectivity index (χ0n) is 15.1. The zero-order valence-corrected chi connectivity index (χ0v) is 15.1. The molecule has 0 saturated heterocycles. The second-order valence-corrected chi connectivity index (χ2v) is 5.88. The number of nitrogens with one attached hydrogen (secondary N) is 1. The van der Waals surface area contributed by atoms with E-state index in [1.165, 1.54) is 0 Å². The van der Waals surface area contributed by atoms with Gasteiger partial charge in [0.2, 0.25) is 5.88 Å². The molecule has 0 saturated carbocycles. The third kappa shape index (κ3) is 3.57. The van der Waals surface area contributed by atoms with Gasteiger partial charge in [0, 0.05) is 36.3 Å². The van der Waals surface area contributed by atoms with Gasteiger partial charge in [0.15, 0.2) is 6.29 Å². The lowest BCUT2D eigenvalue weighted by atomic mass is 9.98. The van der Waals surface area contributed by atoms with Crippen molar-refractivity contribution in [2.75, 3.05) is 19.0 Å². The Hall–Kier alpha value is -3.21. The molecule has 2 heterocycles. The number of anilines is 1. The van der Waals surface area contributed by atoms with Crippen molar-refractivity contribution in [3.63, 3.8) is 0 Å². The van der Waals surface area contributed by atoms with Crippen LogP contribution in [0.3, 0.4) is 0 Å². The first-order valence-electron chi connectivity index (χ1n) is 8.49. The van der Waals surface area contributed by atoms with Crippen LogP contribution >= 0.6 is 0 Å². The van der Waals surface area contributed by atoms with Gasteiger partial charge < -0.3 is 10.1 Å². The normalized spacial score (nSPS) is 10.4. The van der Waals surface area contributed by atoms with Gasteiger partial charge in [0.05, 0.1) is 6.61 Å². The summed E-state index contributed by atoms with van der Waals surface area (Å²) in [7, 11) is 1.90. The molecule has 0 radical (unpaired) electrons. The van der Waals surface area contributed by atoms with Gasteiger partial charge in [-0.05, 0) is 60.9 Å². The molecule has 0 aliphatic heterocycles. The predicted octanol–water partition coefficient (Wildman–Crippen LogP) is 4.37. The van der Waals surface area contributed by atoms with Crippen molar-refractivity contribution in [3.8, 4) is 28.1 Å². The van der Waals surface area contributed by atoms with Crippen molar-refractivity contribution < 1.29 is 9.53 Å². The molecule has 1 aromatic carbocycles. The van der Waals surface area contributed by atoms with Gasteiger partial charge in [-0.1, -0.05) is 6.07 Å². The minimum atomic E-state index is 0.378. The highest BCUT2D eigenvalue weighted by molar-refractivity contribution is 5.81. The fraction of sp³-hybridized carbons (Fsp3) is 0.190. The van der Waals surface area contributed by atoms with Crippen molar-refractivity contribution in [1.29, 1.82) is 0 Å². The van der Waals surface area contributed by atoms with Gasteiger partial charge in [-0.3, -0.25) is 9.78 Å². The fourth-order valence-corrected chi connectivity index (χ4v) is 2.83. The van der Waals surface area contributed by atoms with E-state index in [1.807, 2.05) is 38.4 Å². The summed E-state index contributed by atoms with van der Waals surface area (Å²) < 4.78 is 5.70. The summed E-state index contributed by atoms with van der Waals surface area (Å²) in [6.45, 7) is 4.50. The predicted molar refractivity (Wildman–Crippen MR) is 104 cm³/mol. The highest BCUT2D eigenvalue weighted by atomic mass is 16.5. The van der Waals surface area contributed by atoms with Crippen LogP contribution in [0.4, 0.5) is 5.69 Å². The van der Waals surface area contributed by atoms with Crippen LogP contribution in [-0.4, -0.2) is 29.9 Å². The topological polar surface area (TPSA) is 64.1 Å². The molecule has 3 aromatic rings. The first-order chi connectivity index (χ1) is 12.7. The molecular weight excluding hydrogens is 326 g/mol. The van der Waals surface area contributed by atoms with Gasteiger partial charge in [-0.25, -0.2) is 4.98 Å². The number of aldehydes is 1. The number of nitrogens with zero attached hydrogens (tertiary/aromatic N) is 2. The van der Waals surface area contributed by atoms with Crippen LogP contribution in [0.5, 0.6) is 5.88 Å². The Morgan fingerprint density at radius 3 is 2.65 bits per heavy atom. The van der Waals surface area contributed by atoms with Crippen molar-refractivity contribution >= 4 is 12.0 Å². The van der Waals surface area contributed by atoms with E-state index in [0.717, 1.165) is 39.8 Å². The maximum Gasteiger partial charge on any atom is 0.221 e. The average molecular weight is 347 g/mol. The molecule has 0 unspecified atom stereocenters. The standard InChI is InChI=1S/C21H21N3O2/c1-4-26-21-20(15-7-8-23-18(9-15)13-25)10-16(12-24-21)19-11-17(22-3)6-5-14(19)2/h5-13,22H,4H2,1-3H3. The third-order valence-electron chi connectivity index (χ3n) is 4.18. The van der Waals surface area contributed by atoms with Gasteiger partial charge >= 0.3 is 0 Å². The van der Waals surface area contributed by atoms with Gasteiger partial charge in [0.1, 0.15) is 5.69 Å². The van der Waals surface area contributed by atoms with E-state index in [1.54, 1.807) is 12.3 Å². The van der Waals surface area contributed by atoms with Crippen LogP contribution < -0.4 is 10.1 Å². The number of rotatable bonds is 6. The minimum absolute atomic E-state index is 0.378. The molecule has 0 atom stereocenters. The number of ether oxygens (including phenoxy) is 1. The Morgan fingerprint density at radius 2 is 1.92 bits per heavy atom. The van der Waals surface area contributed by atoms with Crippen LogP contribution in [0.25, 0.3) is 22.3 Å². The highest BCUT2D eigenvalue weighted by Crippen LogP contribution is 2.34. The van der Waals surface area contributed by atoms with Crippen LogP contribution in [0.1, 0.15) is 23.0 Å². The maximum atomic E-state index is 11.1. The Kier molecular flexibility index (Phi) is 5.27. The van der Waals surface area contributed by atoms with Gasteiger partial charge in [-0.15, -0.1) is 0 Å². The van der Waals surface area contributed by atoms with E-state index in [-0.39, 0.29) is 0 Å². The largest absolute Gasteiger partial charge is 0.478 e. The van der Waals surface area contributed by atoms with E-state index in [4.69, 9.17) is 4.74 Å². The summed E-state index contributed by atoms with van der Waals surface area (Å²) in [5, 5.41) is 3.17. The molecule has 3 rings (SSSR count). The van der Waals surface area contributed by atoms with Gasteiger partial charge in [0.25, 0.3) is 0 Å². The van der Waals surface area contributed by atoms with Crippen molar-refractivity contribution in [2.45, 2.75) is 13.8 Å². The molecule has 0 aliphatic carbocycles. The molecule has 5 heteroatoms. The molecule has 0 fully saturated rings. The number of hydrogen-bond donors (Lipinski definition) is 1. The summed E-state index contributed by atoms with van der Waals surface area (Å²) in [4.78, 5) is 19.6. The summed E-state index contributed by atoms with van der Waals surface area (Å²) in [5.74, 6) is 0.543. The molecule has 5 nitrogen and oxygen atoms in total. The number of aryl methyl sites for hydroxylation is 1. The summed E-state index contributed by atoms with van der Waals surface area (Å²) in [6.07, 6.45) is 4.17. The van der Waals surface area contributed by atoms with Crippen molar-refractivity contribution in [1.82, 2.24) is 9.97 Å². The number of carbonyl (C=O) groups excluding carboxylic acids is 1. The number of pyridine rings is 2. The molecule has 0 bridgehead atoms. The Balaban J connectivity index is 2.17. The lowest BCUT2D eigenvalue weighted by molar-refractivity contribution is 0.111. The average Bonchev–Trinajstić information content (AvgIpc) is 2.69. The Morgan fingerprint density at radius 1 is 1.08 bits per heavy atom. The van der Waals surface area contributed by atoms with E-state index >= 15 is 0 Å². The molecular formula is C21H21N3O2. The van der Waals surface area contributed by atoms with E-state index in [0.29, 0.717) is 18.2 Å². The van der Waals surface area contributed by atoms with Crippen molar-refractivity contribution in [2.24, 2.45) is 0 Å². The van der Waals surface area contributed by atoms with E-state index < -0.39 is 0 Å². The quantitative estimate of drug-likeness (QED) is 0.671. The van der Waals surface area contributed by atoms with E-state index in [2.05, 4.69) is 34.3 Å². The van der Waals surface area contributed by atoms with Crippen LogP contribution in [-0.2, 0) is 0 Å². The zero-order chi connectivity index (χ0) is 18.5. The van der Waals surface area contributed by atoms with Crippen LogP contribution in [0.2, 0.25) is 0 Å². The van der Waals surface area contributed by atoms with Crippen LogP contribution in [0.15, 0.2) is 48.8 Å². The molecule has 0 aliphatic rings. The monoisotopic (exact) mass is 347 g/mol. The first-order valence-corrected chi connectivity index (χ1v) is 8.49. The number of benzene rings is 1. The molecule has 132 valence electrons. The lowest BCUT2D eigenvalue weighted by Gasteiger charge is -2.14. The number of aromatic nitrogens is 2. The molecule has 0 amide bonds. The minimum Gasteiger partial charge on any atom is -0.478 e. The molecule has 0 spiro atoms. The van der Waals surface area contributed by atoms with Crippen LogP contribution in [0, 0.1) is 6.92 Å². The maximum absolute atomic E-state index is 11.1. The second kappa shape index (κ2) is 7.78. The second-order valence-electron chi connectivity index (χ2n) is 5.88. The molecule has 2 aromatic heterocycles. The van der Waals surface area contributed by atoms with E-state index in [9.17, 15) is 4.79 Å². The van der Waals surface area contributed by atoms with Crippen molar-refractivity contribution in [3.05, 3.63) is 60.0 Å².